The first-order valence-corrected chi connectivity index (χ1v) is 11.7. The molecule has 2 aliphatic heterocycles. The van der Waals surface area contributed by atoms with Gasteiger partial charge in [-0.15, -0.1) is 0 Å². The van der Waals surface area contributed by atoms with Crippen molar-refractivity contribution in [3.05, 3.63) is 52.7 Å². The van der Waals surface area contributed by atoms with Crippen molar-refractivity contribution in [3.63, 3.8) is 0 Å². The SMILES string of the molecule is Cc1cc(N2CCN(C(=O)CCn3cnc4ccccc4c3=O)CC2)nc(N2CCCC2)n1. The van der Waals surface area contributed by atoms with Gasteiger partial charge in [-0.2, -0.15) is 4.98 Å². The number of anilines is 2. The number of rotatable bonds is 5. The second kappa shape index (κ2) is 9.17. The van der Waals surface area contributed by atoms with E-state index in [9.17, 15) is 9.59 Å². The molecule has 0 unspecified atom stereocenters. The molecule has 2 fully saturated rings. The van der Waals surface area contributed by atoms with E-state index in [1.54, 1.807) is 6.07 Å². The minimum Gasteiger partial charge on any atom is -0.353 e. The number of amides is 1. The average Bonchev–Trinajstić information content (AvgIpc) is 3.39. The van der Waals surface area contributed by atoms with E-state index in [-0.39, 0.29) is 17.9 Å². The molecule has 0 atom stereocenters. The molecule has 0 bridgehead atoms. The average molecular weight is 448 g/mol. The van der Waals surface area contributed by atoms with Gasteiger partial charge < -0.3 is 14.7 Å². The summed E-state index contributed by atoms with van der Waals surface area (Å²) in [7, 11) is 0. The van der Waals surface area contributed by atoms with Crippen LogP contribution in [0.3, 0.4) is 0 Å². The van der Waals surface area contributed by atoms with Crippen LogP contribution in [0.1, 0.15) is 25.0 Å². The lowest BCUT2D eigenvalue weighted by Crippen LogP contribution is -2.49. The molecule has 4 heterocycles. The summed E-state index contributed by atoms with van der Waals surface area (Å²) in [6.07, 6.45) is 4.19. The Kier molecular flexibility index (Phi) is 5.93. The summed E-state index contributed by atoms with van der Waals surface area (Å²) in [4.78, 5) is 45.6. The monoisotopic (exact) mass is 447 g/mol. The first-order valence-electron chi connectivity index (χ1n) is 11.7. The van der Waals surface area contributed by atoms with Gasteiger partial charge >= 0.3 is 0 Å². The molecule has 33 heavy (non-hydrogen) atoms. The second-order valence-corrected chi connectivity index (χ2v) is 8.74. The van der Waals surface area contributed by atoms with E-state index in [4.69, 9.17) is 4.98 Å². The van der Waals surface area contributed by atoms with Gasteiger partial charge in [0.15, 0.2) is 0 Å². The van der Waals surface area contributed by atoms with Crippen molar-refractivity contribution in [3.8, 4) is 0 Å². The molecule has 0 radical (unpaired) electrons. The van der Waals surface area contributed by atoms with Gasteiger partial charge in [0, 0.05) is 64.0 Å². The summed E-state index contributed by atoms with van der Waals surface area (Å²) in [5, 5.41) is 0.578. The summed E-state index contributed by atoms with van der Waals surface area (Å²) in [6, 6.07) is 9.30. The Morgan fingerprint density at radius 3 is 2.52 bits per heavy atom. The quantitative estimate of drug-likeness (QED) is 0.590. The predicted octanol–water partition coefficient (Wildman–Crippen LogP) is 1.83. The molecule has 172 valence electrons. The third-order valence-corrected chi connectivity index (χ3v) is 6.47. The molecule has 2 aliphatic rings. The number of aryl methyl sites for hydroxylation is 2. The highest BCUT2D eigenvalue weighted by Crippen LogP contribution is 2.22. The maximum Gasteiger partial charge on any atom is 0.261 e. The van der Waals surface area contributed by atoms with E-state index in [1.165, 1.54) is 23.7 Å². The first-order chi connectivity index (χ1) is 16.1. The minimum atomic E-state index is -0.105. The number of carbonyl (C=O) groups is 1. The molecule has 0 saturated carbocycles. The largest absolute Gasteiger partial charge is 0.353 e. The third-order valence-electron chi connectivity index (χ3n) is 6.47. The van der Waals surface area contributed by atoms with Gasteiger partial charge in [0.2, 0.25) is 11.9 Å². The standard InChI is InChI=1S/C24H29N7O2/c1-18-16-21(27-24(26-18)30-9-4-5-10-30)28-12-14-29(15-13-28)22(32)8-11-31-17-25-20-7-3-2-6-19(20)23(31)33/h2-3,6-7,16-17H,4-5,8-15H2,1H3. The molecule has 0 N–H and O–H groups in total. The van der Waals surface area contributed by atoms with Crippen molar-refractivity contribution in [2.75, 3.05) is 49.1 Å². The fraction of sp³-hybridized carbons (Fsp3) is 0.458. The molecule has 0 aliphatic carbocycles. The Balaban J connectivity index is 1.19. The summed E-state index contributed by atoms with van der Waals surface area (Å²) in [5.74, 6) is 1.81. The lowest BCUT2D eigenvalue weighted by Gasteiger charge is -2.36. The molecular formula is C24H29N7O2. The lowest BCUT2D eigenvalue weighted by atomic mass is 10.2. The number of piperazine rings is 1. The number of benzene rings is 1. The van der Waals surface area contributed by atoms with Crippen molar-refractivity contribution in [2.24, 2.45) is 0 Å². The van der Waals surface area contributed by atoms with Gasteiger partial charge in [-0.3, -0.25) is 14.2 Å². The van der Waals surface area contributed by atoms with Crippen molar-refractivity contribution < 1.29 is 4.79 Å². The van der Waals surface area contributed by atoms with Gasteiger partial charge in [0.25, 0.3) is 5.56 Å². The van der Waals surface area contributed by atoms with Gasteiger partial charge in [-0.05, 0) is 31.9 Å². The first kappa shape index (κ1) is 21.4. The van der Waals surface area contributed by atoms with E-state index < -0.39 is 0 Å². The van der Waals surface area contributed by atoms with Crippen LogP contribution in [-0.2, 0) is 11.3 Å². The molecule has 9 heteroatoms. The van der Waals surface area contributed by atoms with Crippen LogP contribution in [-0.4, -0.2) is 69.6 Å². The van der Waals surface area contributed by atoms with Crippen molar-refractivity contribution in [2.45, 2.75) is 32.7 Å². The summed E-state index contributed by atoms with van der Waals surface area (Å²) >= 11 is 0. The van der Waals surface area contributed by atoms with Crippen LogP contribution in [0.4, 0.5) is 11.8 Å². The molecule has 1 aromatic carbocycles. The van der Waals surface area contributed by atoms with E-state index in [0.717, 1.165) is 43.6 Å². The van der Waals surface area contributed by atoms with Gasteiger partial charge in [0.1, 0.15) is 5.82 Å². The Bertz CT molecular complexity index is 1210. The van der Waals surface area contributed by atoms with Crippen LogP contribution < -0.4 is 15.4 Å². The van der Waals surface area contributed by atoms with E-state index in [2.05, 4.69) is 19.8 Å². The molecule has 0 spiro atoms. The Labute approximate surface area is 192 Å². The highest BCUT2D eigenvalue weighted by Gasteiger charge is 2.24. The number of carbonyl (C=O) groups excluding carboxylic acids is 1. The van der Waals surface area contributed by atoms with E-state index in [1.807, 2.05) is 36.1 Å². The minimum absolute atomic E-state index is 0.0614. The molecular weight excluding hydrogens is 418 g/mol. The number of hydrogen-bond donors (Lipinski definition) is 0. The number of nitrogens with zero attached hydrogens (tertiary/aromatic N) is 7. The summed E-state index contributed by atoms with van der Waals surface area (Å²) in [6.45, 7) is 7.13. The topological polar surface area (TPSA) is 87.5 Å². The Morgan fingerprint density at radius 2 is 1.73 bits per heavy atom. The fourth-order valence-electron chi connectivity index (χ4n) is 4.58. The van der Waals surface area contributed by atoms with Crippen molar-refractivity contribution in [1.82, 2.24) is 24.4 Å². The summed E-state index contributed by atoms with van der Waals surface area (Å²) in [5.41, 5.74) is 1.54. The Morgan fingerprint density at radius 1 is 0.970 bits per heavy atom. The smallest absolute Gasteiger partial charge is 0.261 e. The predicted molar refractivity (Wildman–Crippen MR) is 128 cm³/mol. The number of fused-ring (bicyclic) bond motifs is 1. The number of para-hydroxylation sites is 1. The molecule has 3 aromatic rings. The fourth-order valence-corrected chi connectivity index (χ4v) is 4.58. The lowest BCUT2D eigenvalue weighted by molar-refractivity contribution is -0.131. The van der Waals surface area contributed by atoms with Crippen molar-refractivity contribution >= 4 is 28.6 Å². The van der Waals surface area contributed by atoms with Crippen LogP contribution in [0.25, 0.3) is 10.9 Å². The Hall–Kier alpha value is -3.49. The van der Waals surface area contributed by atoms with Gasteiger partial charge in [0.05, 0.1) is 17.2 Å². The molecule has 2 aromatic heterocycles. The number of aromatic nitrogens is 4. The zero-order valence-electron chi connectivity index (χ0n) is 19.0. The zero-order valence-corrected chi connectivity index (χ0v) is 19.0. The van der Waals surface area contributed by atoms with E-state index >= 15 is 0 Å². The van der Waals surface area contributed by atoms with Crippen LogP contribution >= 0.6 is 0 Å². The van der Waals surface area contributed by atoms with Crippen LogP contribution in [0.15, 0.2) is 41.5 Å². The van der Waals surface area contributed by atoms with Gasteiger partial charge in [-0.25, -0.2) is 9.97 Å². The van der Waals surface area contributed by atoms with E-state index in [0.29, 0.717) is 30.5 Å². The maximum atomic E-state index is 12.8. The van der Waals surface area contributed by atoms with Crippen LogP contribution in [0, 0.1) is 6.92 Å². The maximum absolute atomic E-state index is 12.8. The van der Waals surface area contributed by atoms with Crippen molar-refractivity contribution in [1.29, 1.82) is 0 Å². The molecule has 9 nitrogen and oxygen atoms in total. The normalized spacial score (nSPS) is 16.6. The highest BCUT2D eigenvalue weighted by atomic mass is 16.2. The molecule has 5 rings (SSSR count). The zero-order chi connectivity index (χ0) is 22.8. The second-order valence-electron chi connectivity index (χ2n) is 8.74. The van der Waals surface area contributed by atoms with Crippen LogP contribution in [0.2, 0.25) is 0 Å². The van der Waals surface area contributed by atoms with Crippen LogP contribution in [0.5, 0.6) is 0 Å². The number of hydrogen-bond acceptors (Lipinski definition) is 7. The summed E-state index contributed by atoms with van der Waals surface area (Å²) < 4.78 is 1.53. The highest BCUT2D eigenvalue weighted by molar-refractivity contribution is 5.78. The molecule has 1 amide bonds. The molecule has 2 saturated heterocycles. The third kappa shape index (κ3) is 4.53. The van der Waals surface area contributed by atoms with Gasteiger partial charge in [-0.1, -0.05) is 12.1 Å².